The van der Waals surface area contributed by atoms with E-state index in [1.807, 2.05) is 60.7 Å². The third-order valence-electron chi connectivity index (χ3n) is 8.29. The Morgan fingerprint density at radius 2 is 1.43 bits per heavy atom. The van der Waals surface area contributed by atoms with Gasteiger partial charge in [-0.2, -0.15) is 0 Å². The van der Waals surface area contributed by atoms with E-state index in [1.54, 1.807) is 48.5 Å². The first-order valence-electron chi connectivity index (χ1n) is 15.8. The van der Waals surface area contributed by atoms with Crippen molar-refractivity contribution in [3.05, 3.63) is 131 Å². The lowest BCUT2D eigenvalue weighted by atomic mass is 10.0. The predicted octanol–water partition coefficient (Wildman–Crippen LogP) is 6.38. The summed E-state index contributed by atoms with van der Waals surface area (Å²) in [5.41, 5.74) is 2.97. The van der Waals surface area contributed by atoms with Crippen molar-refractivity contribution in [2.45, 2.75) is 57.3 Å². The standard InChI is InChI=1S/C37H40ClN3O5S/c1-47(44,45)41(33-20-22-34(23-21-33)46-27-30-12-6-3-7-13-30)26-36(42)40(25-29-16-18-31(38)19-17-29)35(24-28-10-4-2-5-11-28)37(43)39-32-14-8-9-15-32/h2-7,10-13,16-23,32,35H,8-9,14-15,24-27H2,1H3,(H,39,43)/t35-/m1/s1. The number of ether oxygens (including phenoxy) is 1. The number of carbonyl (C=O) groups excluding carboxylic acids is 2. The van der Waals surface area contributed by atoms with Crippen LogP contribution in [-0.2, 0) is 39.2 Å². The Morgan fingerprint density at radius 1 is 0.830 bits per heavy atom. The summed E-state index contributed by atoms with van der Waals surface area (Å²) in [5, 5.41) is 3.72. The molecule has 0 aromatic heterocycles. The topological polar surface area (TPSA) is 96.0 Å². The first-order chi connectivity index (χ1) is 22.7. The molecule has 1 saturated carbocycles. The summed E-state index contributed by atoms with van der Waals surface area (Å²) < 4.78 is 33.2. The highest BCUT2D eigenvalue weighted by Gasteiger charge is 2.34. The molecular formula is C37H40ClN3O5S. The second-order valence-electron chi connectivity index (χ2n) is 11.9. The number of amides is 2. The van der Waals surface area contributed by atoms with Gasteiger partial charge in [0.2, 0.25) is 21.8 Å². The van der Waals surface area contributed by atoms with E-state index in [0.717, 1.165) is 52.9 Å². The van der Waals surface area contributed by atoms with Crippen LogP contribution in [0.5, 0.6) is 5.75 Å². The van der Waals surface area contributed by atoms with Crippen molar-refractivity contribution in [1.82, 2.24) is 10.2 Å². The van der Waals surface area contributed by atoms with E-state index in [2.05, 4.69) is 5.32 Å². The third-order valence-corrected chi connectivity index (χ3v) is 9.68. The molecule has 0 saturated heterocycles. The van der Waals surface area contributed by atoms with Gasteiger partial charge in [-0.25, -0.2) is 8.42 Å². The van der Waals surface area contributed by atoms with E-state index in [4.69, 9.17) is 16.3 Å². The predicted molar refractivity (Wildman–Crippen MR) is 186 cm³/mol. The lowest BCUT2D eigenvalue weighted by Gasteiger charge is -2.34. The third kappa shape index (κ3) is 9.83. The molecule has 0 bridgehead atoms. The second-order valence-corrected chi connectivity index (χ2v) is 14.2. The molecule has 8 nitrogen and oxygen atoms in total. The smallest absolute Gasteiger partial charge is 0.244 e. The minimum atomic E-state index is -3.89. The van der Waals surface area contributed by atoms with Crippen LogP contribution >= 0.6 is 11.6 Å². The van der Waals surface area contributed by atoms with Gasteiger partial charge in [0.05, 0.1) is 11.9 Å². The Balaban J connectivity index is 1.42. The number of benzene rings is 4. The lowest BCUT2D eigenvalue weighted by molar-refractivity contribution is -0.140. The molecule has 2 amide bonds. The molecule has 0 radical (unpaired) electrons. The highest BCUT2D eigenvalue weighted by atomic mass is 35.5. The summed E-state index contributed by atoms with van der Waals surface area (Å²) in [6.45, 7) is -0.0338. The number of hydrogen-bond acceptors (Lipinski definition) is 5. The Morgan fingerprint density at radius 3 is 2.02 bits per heavy atom. The minimum Gasteiger partial charge on any atom is -0.489 e. The number of nitrogens with zero attached hydrogens (tertiary/aromatic N) is 2. The summed E-state index contributed by atoms with van der Waals surface area (Å²) in [4.78, 5) is 29.8. The fourth-order valence-electron chi connectivity index (χ4n) is 5.77. The van der Waals surface area contributed by atoms with Crippen LogP contribution in [-0.4, -0.2) is 50.0 Å². The van der Waals surface area contributed by atoms with E-state index in [1.165, 1.54) is 4.90 Å². The van der Waals surface area contributed by atoms with Crippen molar-refractivity contribution in [1.29, 1.82) is 0 Å². The molecule has 4 aromatic carbocycles. The van der Waals surface area contributed by atoms with Crippen molar-refractivity contribution < 1.29 is 22.7 Å². The van der Waals surface area contributed by atoms with Gasteiger partial charge in [-0.15, -0.1) is 0 Å². The number of rotatable bonds is 14. The van der Waals surface area contributed by atoms with Crippen molar-refractivity contribution in [3.63, 3.8) is 0 Å². The summed E-state index contributed by atoms with van der Waals surface area (Å²) in [7, 11) is -3.89. The van der Waals surface area contributed by atoms with Gasteiger partial charge >= 0.3 is 0 Å². The molecule has 10 heteroatoms. The molecular weight excluding hydrogens is 634 g/mol. The maximum atomic E-state index is 14.3. The fourth-order valence-corrected chi connectivity index (χ4v) is 6.75. The average Bonchev–Trinajstić information content (AvgIpc) is 3.59. The Kier molecular flexibility index (Phi) is 11.6. The number of nitrogens with one attached hydrogen (secondary N) is 1. The SMILES string of the molecule is CS(=O)(=O)N(CC(=O)N(Cc1ccc(Cl)cc1)[C@H](Cc1ccccc1)C(=O)NC1CCCC1)c1ccc(OCc2ccccc2)cc1. The van der Waals surface area contributed by atoms with Crippen molar-refractivity contribution >= 4 is 39.1 Å². The molecule has 1 aliphatic rings. The van der Waals surface area contributed by atoms with Crippen LogP contribution in [0, 0.1) is 0 Å². The van der Waals surface area contributed by atoms with Crippen LogP contribution < -0.4 is 14.4 Å². The molecule has 0 heterocycles. The van der Waals surface area contributed by atoms with Crippen molar-refractivity contribution in [3.8, 4) is 5.75 Å². The number of carbonyl (C=O) groups is 2. The summed E-state index contributed by atoms with van der Waals surface area (Å²) in [6.07, 6.45) is 5.20. The van der Waals surface area contributed by atoms with E-state index < -0.39 is 28.5 Å². The zero-order chi connectivity index (χ0) is 33.2. The summed E-state index contributed by atoms with van der Waals surface area (Å²) in [5.74, 6) is -0.195. The molecule has 1 atom stereocenters. The minimum absolute atomic E-state index is 0.0448. The van der Waals surface area contributed by atoms with Gasteiger partial charge in [0.25, 0.3) is 0 Å². The highest BCUT2D eigenvalue weighted by molar-refractivity contribution is 7.92. The van der Waals surface area contributed by atoms with Gasteiger partial charge in [-0.05, 0) is 65.9 Å². The Hall–Kier alpha value is -4.34. The monoisotopic (exact) mass is 673 g/mol. The first kappa shape index (κ1) is 34.0. The average molecular weight is 674 g/mol. The van der Waals surface area contributed by atoms with Gasteiger partial charge in [-0.3, -0.25) is 13.9 Å². The van der Waals surface area contributed by atoms with E-state index in [9.17, 15) is 18.0 Å². The molecule has 4 aromatic rings. The number of hydrogen-bond donors (Lipinski definition) is 1. The Labute approximate surface area is 282 Å². The van der Waals surface area contributed by atoms with Crippen LogP contribution in [0.25, 0.3) is 0 Å². The molecule has 5 rings (SSSR count). The molecule has 0 unspecified atom stereocenters. The number of sulfonamides is 1. The molecule has 246 valence electrons. The van der Waals surface area contributed by atoms with Crippen LogP contribution in [0.15, 0.2) is 109 Å². The summed E-state index contributed by atoms with van der Waals surface area (Å²) in [6, 6.07) is 32.1. The fraction of sp³-hybridized carbons (Fsp3) is 0.297. The number of anilines is 1. The van der Waals surface area contributed by atoms with Crippen molar-refractivity contribution in [2.24, 2.45) is 0 Å². The van der Waals surface area contributed by atoms with Gasteiger partial charge in [-0.1, -0.05) is 97.2 Å². The van der Waals surface area contributed by atoms with Gasteiger partial charge < -0.3 is 15.0 Å². The first-order valence-corrected chi connectivity index (χ1v) is 18.0. The zero-order valence-electron chi connectivity index (χ0n) is 26.4. The molecule has 47 heavy (non-hydrogen) atoms. The summed E-state index contributed by atoms with van der Waals surface area (Å²) >= 11 is 6.15. The van der Waals surface area contributed by atoms with Crippen LogP contribution in [0.1, 0.15) is 42.4 Å². The molecule has 1 fully saturated rings. The second kappa shape index (κ2) is 16.0. The normalized spacial score (nSPS) is 13.9. The number of halogens is 1. The molecule has 0 spiro atoms. The van der Waals surface area contributed by atoms with Gasteiger partial charge in [0.15, 0.2) is 0 Å². The van der Waals surface area contributed by atoms with Crippen LogP contribution in [0.4, 0.5) is 5.69 Å². The zero-order valence-corrected chi connectivity index (χ0v) is 28.0. The maximum absolute atomic E-state index is 14.3. The van der Waals surface area contributed by atoms with Crippen molar-refractivity contribution in [2.75, 3.05) is 17.1 Å². The van der Waals surface area contributed by atoms with E-state index in [-0.39, 0.29) is 24.9 Å². The highest BCUT2D eigenvalue weighted by Crippen LogP contribution is 2.25. The quantitative estimate of drug-likeness (QED) is 0.168. The van der Waals surface area contributed by atoms with E-state index in [0.29, 0.717) is 23.1 Å². The maximum Gasteiger partial charge on any atom is 0.244 e. The van der Waals surface area contributed by atoms with Crippen LogP contribution in [0.3, 0.4) is 0 Å². The van der Waals surface area contributed by atoms with Crippen LogP contribution in [0.2, 0.25) is 5.02 Å². The lowest BCUT2D eigenvalue weighted by Crippen LogP contribution is -2.54. The molecule has 1 N–H and O–H groups in total. The van der Waals surface area contributed by atoms with Gasteiger partial charge in [0.1, 0.15) is 24.9 Å². The largest absolute Gasteiger partial charge is 0.489 e. The van der Waals surface area contributed by atoms with E-state index >= 15 is 0 Å². The van der Waals surface area contributed by atoms with Gasteiger partial charge in [0, 0.05) is 24.0 Å². The molecule has 0 aliphatic heterocycles. The molecule has 1 aliphatic carbocycles. The Bertz CT molecular complexity index is 1710.